The molecule has 3 aromatic carbocycles. The highest BCUT2D eigenvalue weighted by Gasteiger charge is 2.30. The molecule has 4 rings (SSSR count). The zero-order valence-electron chi connectivity index (χ0n) is 20.2. The lowest BCUT2D eigenvalue weighted by Crippen LogP contribution is -2.17. The number of carbonyl (C=O) groups is 1. The third-order valence-electron chi connectivity index (χ3n) is 5.60. The Labute approximate surface area is 212 Å². The molecule has 5 nitrogen and oxygen atoms in total. The van der Waals surface area contributed by atoms with Gasteiger partial charge in [-0.05, 0) is 59.7 Å². The molecule has 4 aromatic rings. The van der Waals surface area contributed by atoms with E-state index in [1.165, 1.54) is 24.3 Å². The van der Waals surface area contributed by atoms with E-state index in [-0.39, 0.29) is 11.5 Å². The Bertz CT molecular complexity index is 1450. The van der Waals surface area contributed by atoms with Gasteiger partial charge in [0, 0.05) is 29.2 Å². The molecular weight excluding hydrogens is 483 g/mol. The molecule has 1 aromatic heterocycles. The van der Waals surface area contributed by atoms with E-state index < -0.39 is 6.36 Å². The number of allylic oxidation sites excluding steroid dienone is 2. The molecular formula is C29H24F3NO4. The quantitative estimate of drug-likeness (QED) is 0.231. The summed E-state index contributed by atoms with van der Waals surface area (Å²) < 4.78 is 53.7. The number of carbonyl (C=O) groups excluding carboxylic acids is 1. The van der Waals surface area contributed by atoms with E-state index >= 15 is 0 Å². The number of ether oxygens (including phenoxy) is 3. The Morgan fingerprint density at radius 3 is 2.30 bits per heavy atom. The molecule has 0 atom stereocenters. The van der Waals surface area contributed by atoms with Crippen LogP contribution >= 0.6 is 0 Å². The van der Waals surface area contributed by atoms with E-state index in [4.69, 9.17) is 9.47 Å². The van der Waals surface area contributed by atoms with Crippen LogP contribution < -0.4 is 14.2 Å². The average molecular weight is 508 g/mol. The molecule has 0 spiro atoms. The van der Waals surface area contributed by atoms with Crippen LogP contribution in [0.3, 0.4) is 0 Å². The lowest BCUT2D eigenvalue weighted by atomic mass is 10.1. The molecule has 0 radical (unpaired) electrons. The minimum Gasteiger partial charge on any atom is -0.493 e. The van der Waals surface area contributed by atoms with Crippen LogP contribution in [0.2, 0.25) is 0 Å². The first-order chi connectivity index (χ1) is 17.8. The number of halogens is 3. The number of para-hydroxylation sites is 1. The Balaban J connectivity index is 1.50. The van der Waals surface area contributed by atoms with Crippen molar-refractivity contribution < 1.29 is 32.2 Å². The summed E-state index contributed by atoms with van der Waals surface area (Å²) >= 11 is 0. The second-order valence-electron chi connectivity index (χ2n) is 8.10. The summed E-state index contributed by atoms with van der Waals surface area (Å²) in [4.78, 5) is 12.5. The van der Waals surface area contributed by atoms with Gasteiger partial charge < -0.3 is 18.8 Å². The molecule has 0 saturated heterocycles. The molecule has 1 heterocycles. The number of ketones is 1. The first kappa shape index (κ1) is 25.6. The number of methoxy groups -OCH3 is 2. The Morgan fingerprint density at radius 1 is 0.892 bits per heavy atom. The second-order valence-corrected chi connectivity index (χ2v) is 8.10. The van der Waals surface area contributed by atoms with Gasteiger partial charge in [-0.1, -0.05) is 42.5 Å². The molecule has 0 N–H and O–H groups in total. The van der Waals surface area contributed by atoms with Gasteiger partial charge in [-0.15, -0.1) is 13.2 Å². The van der Waals surface area contributed by atoms with Crippen molar-refractivity contribution in [2.75, 3.05) is 14.2 Å². The van der Waals surface area contributed by atoms with Crippen molar-refractivity contribution in [2.45, 2.75) is 12.9 Å². The predicted octanol–water partition coefficient (Wildman–Crippen LogP) is 6.90. The van der Waals surface area contributed by atoms with E-state index in [2.05, 4.69) is 4.74 Å². The highest BCUT2D eigenvalue weighted by molar-refractivity contribution is 6.05. The largest absolute Gasteiger partial charge is 0.573 e. The summed E-state index contributed by atoms with van der Waals surface area (Å²) in [5.74, 6) is 0.722. The van der Waals surface area contributed by atoms with Crippen LogP contribution in [-0.2, 0) is 11.3 Å². The average Bonchev–Trinajstić information content (AvgIpc) is 3.23. The molecule has 0 fully saturated rings. The molecule has 190 valence electrons. The van der Waals surface area contributed by atoms with Crippen LogP contribution in [0.4, 0.5) is 13.2 Å². The minimum atomic E-state index is -4.73. The van der Waals surface area contributed by atoms with Gasteiger partial charge in [-0.2, -0.15) is 0 Å². The van der Waals surface area contributed by atoms with E-state index in [0.717, 1.165) is 27.6 Å². The minimum absolute atomic E-state index is 0.188. The number of nitrogens with zero attached hydrogens (tertiary/aromatic N) is 1. The maximum atomic E-state index is 12.5. The van der Waals surface area contributed by atoms with E-state index in [9.17, 15) is 18.0 Å². The van der Waals surface area contributed by atoms with E-state index in [1.54, 1.807) is 50.6 Å². The summed E-state index contributed by atoms with van der Waals surface area (Å²) in [5.41, 5.74) is 3.38. The molecule has 0 aliphatic carbocycles. The maximum Gasteiger partial charge on any atom is 0.573 e. The summed E-state index contributed by atoms with van der Waals surface area (Å²) in [6, 6.07) is 18.9. The first-order valence-electron chi connectivity index (χ1n) is 11.3. The summed E-state index contributed by atoms with van der Waals surface area (Å²) in [5, 5.41) is 0.951. The molecule has 0 saturated carbocycles. The fraction of sp³-hybridized carbons (Fsp3) is 0.138. The van der Waals surface area contributed by atoms with Crippen molar-refractivity contribution >= 4 is 28.8 Å². The summed E-state index contributed by atoms with van der Waals surface area (Å²) in [6.45, 7) is 0.438. The Hall–Kier alpha value is -4.46. The first-order valence-corrected chi connectivity index (χ1v) is 11.3. The Kier molecular flexibility index (Phi) is 7.67. The number of benzene rings is 3. The van der Waals surface area contributed by atoms with Gasteiger partial charge in [0.15, 0.2) is 17.3 Å². The van der Waals surface area contributed by atoms with E-state index in [1.807, 2.05) is 41.1 Å². The number of rotatable bonds is 9. The van der Waals surface area contributed by atoms with Crippen LogP contribution in [0.15, 0.2) is 85.1 Å². The SMILES string of the molecule is COc1ccc(/C=C/C(=O)/C=C/c2cn(Cc3ccc(OC(F)(F)F)cc3)c3ccccc23)cc1OC. The van der Waals surface area contributed by atoms with Crippen LogP contribution in [-0.4, -0.2) is 30.9 Å². The third-order valence-corrected chi connectivity index (χ3v) is 5.60. The van der Waals surface area contributed by atoms with Crippen molar-refractivity contribution in [1.29, 1.82) is 0 Å². The molecule has 0 bridgehead atoms. The van der Waals surface area contributed by atoms with Crippen LogP contribution in [0.5, 0.6) is 17.2 Å². The van der Waals surface area contributed by atoms with Crippen molar-refractivity contribution in [3.8, 4) is 17.2 Å². The molecule has 0 aliphatic heterocycles. The highest BCUT2D eigenvalue weighted by Crippen LogP contribution is 2.28. The number of aromatic nitrogens is 1. The highest BCUT2D eigenvalue weighted by atomic mass is 19.4. The van der Waals surface area contributed by atoms with Crippen LogP contribution in [0.1, 0.15) is 16.7 Å². The summed E-state index contributed by atoms with van der Waals surface area (Å²) in [6.07, 6.45) is 3.60. The lowest BCUT2D eigenvalue weighted by molar-refractivity contribution is -0.274. The van der Waals surface area contributed by atoms with Gasteiger partial charge in [0.25, 0.3) is 0 Å². The van der Waals surface area contributed by atoms with Crippen molar-refractivity contribution in [1.82, 2.24) is 4.57 Å². The van der Waals surface area contributed by atoms with E-state index in [0.29, 0.717) is 18.0 Å². The molecule has 0 aliphatic rings. The van der Waals surface area contributed by atoms with Crippen molar-refractivity contribution in [3.63, 3.8) is 0 Å². The van der Waals surface area contributed by atoms with Crippen LogP contribution in [0, 0.1) is 0 Å². The van der Waals surface area contributed by atoms with Gasteiger partial charge in [0.1, 0.15) is 5.75 Å². The van der Waals surface area contributed by atoms with Crippen molar-refractivity contribution in [2.24, 2.45) is 0 Å². The Morgan fingerprint density at radius 2 is 1.59 bits per heavy atom. The van der Waals surface area contributed by atoms with Gasteiger partial charge in [-0.25, -0.2) is 0 Å². The number of alkyl halides is 3. The summed E-state index contributed by atoms with van der Waals surface area (Å²) in [7, 11) is 3.11. The predicted molar refractivity (Wildman–Crippen MR) is 137 cm³/mol. The fourth-order valence-corrected chi connectivity index (χ4v) is 3.89. The second kappa shape index (κ2) is 11.1. The zero-order valence-corrected chi connectivity index (χ0v) is 20.2. The topological polar surface area (TPSA) is 49.7 Å². The molecule has 37 heavy (non-hydrogen) atoms. The monoisotopic (exact) mass is 507 g/mol. The van der Waals surface area contributed by atoms with Crippen LogP contribution in [0.25, 0.3) is 23.1 Å². The molecule has 0 unspecified atom stereocenters. The normalized spacial score (nSPS) is 11.9. The fourth-order valence-electron chi connectivity index (χ4n) is 3.89. The third kappa shape index (κ3) is 6.61. The van der Waals surface area contributed by atoms with Gasteiger partial charge in [0.2, 0.25) is 0 Å². The van der Waals surface area contributed by atoms with Gasteiger partial charge in [0.05, 0.1) is 14.2 Å². The number of fused-ring (bicyclic) bond motifs is 1. The smallest absolute Gasteiger partial charge is 0.493 e. The molecule has 0 amide bonds. The number of hydrogen-bond acceptors (Lipinski definition) is 4. The van der Waals surface area contributed by atoms with Gasteiger partial charge in [-0.3, -0.25) is 4.79 Å². The lowest BCUT2D eigenvalue weighted by Gasteiger charge is -2.10. The van der Waals surface area contributed by atoms with Crippen molar-refractivity contribution in [3.05, 3.63) is 102 Å². The number of hydrogen-bond donors (Lipinski definition) is 0. The molecule has 8 heteroatoms. The van der Waals surface area contributed by atoms with Gasteiger partial charge >= 0.3 is 6.36 Å². The zero-order chi connectivity index (χ0) is 26.4. The maximum absolute atomic E-state index is 12.5. The standard InChI is InChI=1S/C29H24F3NO4/c1-35-27-16-10-20(17-28(27)36-2)7-12-23(34)13-11-22-19-33(26-6-4-3-5-25(22)26)18-21-8-14-24(15-9-21)37-29(30,31)32/h3-17,19H,18H2,1-2H3/b12-7+,13-11+.